The fraction of sp³-hybridized carbons (Fsp3) is 0.375. The van der Waals surface area contributed by atoms with Crippen LogP contribution in [0, 0.1) is 0 Å². The summed E-state index contributed by atoms with van der Waals surface area (Å²) in [6, 6.07) is 7.58. The van der Waals surface area contributed by atoms with Crippen LogP contribution in [0.3, 0.4) is 0 Å². The Kier molecular flexibility index (Phi) is 6.43. The first-order chi connectivity index (χ1) is 11.3. The van der Waals surface area contributed by atoms with Gasteiger partial charge in [-0.15, -0.1) is 0 Å². The summed E-state index contributed by atoms with van der Waals surface area (Å²) in [5, 5.41) is 6.36. The van der Waals surface area contributed by atoms with E-state index in [2.05, 4.69) is 20.6 Å². The van der Waals surface area contributed by atoms with Gasteiger partial charge in [0.05, 0.1) is 20.8 Å². The summed E-state index contributed by atoms with van der Waals surface area (Å²) >= 11 is 0. The minimum Gasteiger partial charge on any atom is -0.493 e. The lowest BCUT2D eigenvalue weighted by molar-refractivity contribution is 0.210. The van der Waals surface area contributed by atoms with E-state index in [1.807, 2.05) is 24.3 Å². The molecule has 124 valence electrons. The first kappa shape index (κ1) is 16.8. The summed E-state index contributed by atoms with van der Waals surface area (Å²) in [5.41, 5.74) is 1.05. The Labute approximate surface area is 136 Å². The van der Waals surface area contributed by atoms with Crippen LogP contribution >= 0.6 is 0 Å². The second-order valence-electron chi connectivity index (χ2n) is 4.73. The summed E-state index contributed by atoms with van der Waals surface area (Å²) in [6.07, 6.45) is 1.71. The molecule has 0 fully saturated rings. The summed E-state index contributed by atoms with van der Waals surface area (Å²) in [5.74, 6) is 2.72. The van der Waals surface area contributed by atoms with E-state index in [9.17, 15) is 0 Å². The highest BCUT2D eigenvalue weighted by atomic mass is 16.5. The van der Waals surface area contributed by atoms with Crippen LogP contribution in [-0.2, 0) is 11.3 Å². The van der Waals surface area contributed by atoms with Crippen molar-refractivity contribution in [2.45, 2.75) is 6.54 Å². The molecule has 0 aliphatic heterocycles. The minimum absolute atomic E-state index is 0.558. The number of hydrogen-bond donors (Lipinski definition) is 2. The van der Waals surface area contributed by atoms with Gasteiger partial charge in [0.25, 0.3) is 0 Å². The zero-order valence-electron chi connectivity index (χ0n) is 13.6. The van der Waals surface area contributed by atoms with Gasteiger partial charge in [-0.1, -0.05) is 6.07 Å². The predicted octanol–water partition coefficient (Wildman–Crippen LogP) is 2.16. The van der Waals surface area contributed by atoms with Gasteiger partial charge in [-0.05, 0) is 23.8 Å². The molecule has 1 heterocycles. The van der Waals surface area contributed by atoms with Gasteiger partial charge >= 0.3 is 0 Å². The normalized spacial score (nSPS) is 10.2. The summed E-state index contributed by atoms with van der Waals surface area (Å²) < 4.78 is 15.5. The highest BCUT2D eigenvalue weighted by Crippen LogP contribution is 2.27. The number of benzene rings is 1. The molecule has 0 atom stereocenters. The Hall–Kier alpha value is -2.54. The molecule has 7 nitrogen and oxygen atoms in total. The van der Waals surface area contributed by atoms with Crippen LogP contribution in [0.5, 0.6) is 11.5 Å². The monoisotopic (exact) mass is 318 g/mol. The second kappa shape index (κ2) is 8.79. The molecule has 0 radical (unpaired) electrons. The van der Waals surface area contributed by atoms with Gasteiger partial charge in [0, 0.05) is 26.4 Å². The quantitative estimate of drug-likeness (QED) is 0.686. The third-order valence-electron chi connectivity index (χ3n) is 3.17. The van der Waals surface area contributed by atoms with Gasteiger partial charge in [-0.3, -0.25) is 0 Å². The smallest absolute Gasteiger partial charge is 0.224 e. The number of rotatable bonds is 9. The number of hydrogen-bond acceptors (Lipinski definition) is 7. The number of nitrogens with one attached hydrogen (secondary N) is 2. The fourth-order valence-corrected chi connectivity index (χ4v) is 2.00. The number of methoxy groups -OCH3 is 3. The average molecular weight is 318 g/mol. The van der Waals surface area contributed by atoms with Gasteiger partial charge in [-0.25, -0.2) is 4.98 Å². The lowest BCUT2D eigenvalue weighted by Gasteiger charge is -2.11. The summed E-state index contributed by atoms with van der Waals surface area (Å²) in [6.45, 7) is 1.91. The molecule has 2 N–H and O–H groups in total. The molecule has 7 heteroatoms. The first-order valence-corrected chi connectivity index (χ1v) is 7.27. The second-order valence-corrected chi connectivity index (χ2v) is 4.73. The Balaban J connectivity index is 1.96. The van der Waals surface area contributed by atoms with Crippen LogP contribution < -0.4 is 20.1 Å². The number of ether oxygens (including phenoxy) is 3. The number of aromatic nitrogens is 2. The third-order valence-corrected chi connectivity index (χ3v) is 3.17. The van der Waals surface area contributed by atoms with Crippen molar-refractivity contribution < 1.29 is 14.2 Å². The Morgan fingerprint density at radius 1 is 1.00 bits per heavy atom. The van der Waals surface area contributed by atoms with Crippen molar-refractivity contribution in [2.24, 2.45) is 0 Å². The van der Waals surface area contributed by atoms with Crippen molar-refractivity contribution in [3.63, 3.8) is 0 Å². The van der Waals surface area contributed by atoms with Crippen molar-refractivity contribution in [3.8, 4) is 11.5 Å². The molecule has 0 saturated heterocycles. The molecule has 0 aliphatic rings. The Morgan fingerprint density at radius 3 is 2.57 bits per heavy atom. The maximum atomic E-state index is 5.30. The third kappa shape index (κ3) is 5.00. The molecule has 23 heavy (non-hydrogen) atoms. The van der Waals surface area contributed by atoms with E-state index in [4.69, 9.17) is 14.2 Å². The molecule has 0 spiro atoms. The lowest BCUT2D eigenvalue weighted by atomic mass is 10.2. The molecule has 0 bridgehead atoms. The molecular formula is C16H22N4O3. The molecule has 1 aromatic carbocycles. The summed E-state index contributed by atoms with van der Waals surface area (Å²) in [4.78, 5) is 8.60. The molecule has 1 aromatic heterocycles. The fourth-order valence-electron chi connectivity index (χ4n) is 2.00. The molecule has 0 amide bonds. The zero-order valence-corrected chi connectivity index (χ0v) is 13.6. The number of anilines is 2. The van der Waals surface area contributed by atoms with Crippen molar-refractivity contribution >= 4 is 11.8 Å². The van der Waals surface area contributed by atoms with Crippen LogP contribution in [0.4, 0.5) is 11.8 Å². The van der Waals surface area contributed by atoms with Crippen molar-refractivity contribution in [3.05, 3.63) is 36.0 Å². The van der Waals surface area contributed by atoms with Crippen molar-refractivity contribution in [2.75, 3.05) is 45.1 Å². The highest BCUT2D eigenvalue weighted by molar-refractivity contribution is 5.44. The van der Waals surface area contributed by atoms with Gasteiger partial charge in [0.2, 0.25) is 5.95 Å². The van der Waals surface area contributed by atoms with E-state index in [0.717, 1.165) is 11.4 Å². The Morgan fingerprint density at radius 2 is 1.83 bits per heavy atom. The highest BCUT2D eigenvalue weighted by Gasteiger charge is 2.05. The SMILES string of the molecule is COCCNc1ccnc(NCc2ccc(OC)c(OC)c2)n1. The van der Waals surface area contributed by atoms with Crippen LogP contribution in [0.25, 0.3) is 0 Å². The molecule has 2 aromatic rings. The topological polar surface area (TPSA) is 77.5 Å². The van der Waals surface area contributed by atoms with E-state index in [1.54, 1.807) is 27.5 Å². The summed E-state index contributed by atoms with van der Waals surface area (Å²) in [7, 11) is 4.90. The average Bonchev–Trinajstić information content (AvgIpc) is 2.60. The predicted molar refractivity (Wildman–Crippen MR) is 89.3 cm³/mol. The van der Waals surface area contributed by atoms with E-state index >= 15 is 0 Å². The first-order valence-electron chi connectivity index (χ1n) is 7.27. The lowest BCUT2D eigenvalue weighted by Crippen LogP contribution is -2.10. The molecular weight excluding hydrogens is 296 g/mol. The van der Waals surface area contributed by atoms with Crippen LogP contribution in [0.15, 0.2) is 30.5 Å². The molecule has 0 aliphatic carbocycles. The van der Waals surface area contributed by atoms with Gasteiger partial charge < -0.3 is 24.8 Å². The van der Waals surface area contributed by atoms with E-state index in [-0.39, 0.29) is 0 Å². The van der Waals surface area contributed by atoms with Gasteiger partial charge in [0.15, 0.2) is 11.5 Å². The van der Waals surface area contributed by atoms with E-state index in [0.29, 0.717) is 37.1 Å². The van der Waals surface area contributed by atoms with Crippen LogP contribution in [0.1, 0.15) is 5.56 Å². The van der Waals surface area contributed by atoms with Crippen molar-refractivity contribution in [1.82, 2.24) is 9.97 Å². The van der Waals surface area contributed by atoms with Gasteiger partial charge in [-0.2, -0.15) is 4.98 Å². The molecule has 0 saturated carbocycles. The number of nitrogens with zero attached hydrogens (tertiary/aromatic N) is 2. The van der Waals surface area contributed by atoms with E-state index in [1.165, 1.54) is 0 Å². The standard InChI is InChI=1S/C16H22N4O3/c1-21-9-8-17-15-6-7-18-16(20-15)19-11-12-4-5-13(22-2)14(10-12)23-3/h4-7,10H,8-9,11H2,1-3H3,(H2,17,18,19,20). The van der Waals surface area contributed by atoms with Crippen LogP contribution in [-0.4, -0.2) is 44.4 Å². The van der Waals surface area contributed by atoms with E-state index < -0.39 is 0 Å². The molecule has 0 unspecified atom stereocenters. The van der Waals surface area contributed by atoms with Crippen LogP contribution in [0.2, 0.25) is 0 Å². The molecule has 2 rings (SSSR count). The maximum Gasteiger partial charge on any atom is 0.224 e. The van der Waals surface area contributed by atoms with Gasteiger partial charge in [0.1, 0.15) is 5.82 Å². The maximum absolute atomic E-state index is 5.30. The minimum atomic E-state index is 0.558. The van der Waals surface area contributed by atoms with Crippen molar-refractivity contribution in [1.29, 1.82) is 0 Å². The largest absolute Gasteiger partial charge is 0.493 e. The zero-order chi connectivity index (χ0) is 16.5. The Bertz CT molecular complexity index is 622.